The van der Waals surface area contributed by atoms with Crippen LogP contribution in [-0.2, 0) is 56.7 Å². The third-order valence-electron chi connectivity index (χ3n) is 20.2. The van der Waals surface area contributed by atoms with Gasteiger partial charge < -0.3 is 122 Å². The second kappa shape index (κ2) is 55.1. The number of fused-ring (bicyclic) bond motifs is 3. The van der Waals surface area contributed by atoms with E-state index < -0.39 is 116 Å². The van der Waals surface area contributed by atoms with Crippen molar-refractivity contribution in [3.63, 3.8) is 0 Å². The minimum absolute atomic E-state index is 0. The average molecular weight is 1860 g/mol. The molecule has 0 radical (unpaired) electrons. The van der Waals surface area contributed by atoms with Crippen LogP contribution in [-0.4, -0.2) is 245 Å². The Labute approximate surface area is 816 Å². The average Bonchev–Trinajstić information content (AvgIpc) is 1.56. The number of nitrogens with one attached hydrogen (secondary N) is 6. The Bertz CT molecular complexity index is 4950. The number of nitrogens with two attached hydrogens (primary N) is 1. The molecule has 17 N–H and O–H groups in total. The van der Waals surface area contributed by atoms with Crippen molar-refractivity contribution in [2.75, 3.05) is 59.5 Å². The van der Waals surface area contributed by atoms with Crippen LogP contribution < -0.4 is 141 Å². The van der Waals surface area contributed by atoms with Gasteiger partial charge in [0.2, 0.25) is 28.1 Å². The van der Waals surface area contributed by atoms with E-state index in [4.69, 9.17) is 32.7 Å². The molecular weight excluding hydrogens is 1750 g/mol. The number of azo groups is 1. The van der Waals surface area contributed by atoms with Gasteiger partial charge in [0.25, 0.3) is 5.91 Å². The number of urea groups is 2. The van der Waals surface area contributed by atoms with Gasteiger partial charge >= 0.3 is 113 Å². The SMILES string of the molecule is CC(C)NCC(O)COc1ccc(CC(N)=O)cc1.CC1(C)S[C@@H]2[C@H](NC(=O)[C@@H](NC(=O)N3CCNC3=O)c3ccccc3)C(=O)N2[C@H]1C(=O)O.CN1[C@@H]2CC[C@H]1C[C@@H](OC(=O)C(CO)c1ccccc1)C2.O=C([O-])CCNC(=O)c1ccc(/N=N/c2ccc(O)c(C(=O)[O-])c2)cc1.O=S(=O)([O-])O.Oc1ccc(CCCCNC[C@H](O)c2ccc(O)c(O)c2)cc1.[Na+].[Na+].[Na+]. The summed E-state index contributed by atoms with van der Waals surface area (Å²) in [4.78, 5) is 123. The molecule has 0 aromatic heterocycles. The number of benzene rings is 7. The first-order chi connectivity index (χ1) is 59.7. The first kappa shape index (κ1) is 112. The van der Waals surface area contributed by atoms with Crippen LogP contribution in [0.4, 0.5) is 21.0 Å². The molecule has 38 nitrogen and oxygen atoms in total. The number of phenolic OH excluding ortho intramolecular Hbond substituents is 3. The fourth-order valence-electron chi connectivity index (χ4n) is 13.7. The maximum atomic E-state index is 13.1. The van der Waals surface area contributed by atoms with Gasteiger partial charge in [-0.1, -0.05) is 105 Å². The Balaban J connectivity index is 0.000000335. The van der Waals surface area contributed by atoms with Crippen LogP contribution in [0.2, 0.25) is 0 Å². The molecule has 5 fully saturated rings. The molecule has 5 aliphatic heterocycles. The van der Waals surface area contributed by atoms with Gasteiger partial charge in [0.15, 0.2) is 11.5 Å². The minimum Gasteiger partial charge on any atom is -0.726 e. The van der Waals surface area contributed by atoms with E-state index in [-0.39, 0.29) is 169 Å². The summed E-state index contributed by atoms with van der Waals surface area (Å²) in [6, 6.07) is 43.2. The largest absolute Gasteiger partial charge is 1.00 e. The summed E-state index contributed by atoms with van der Waals surface area (Å²) in [5, 5.41) is 121. The molecule has 7 aromatic carbocycles. The molecule has 10 atom stereocenters. The maximum Gasteiger partial charge on any atom is 1.00 e. The molecule has 12 rings (SSSR count). The third kappa shape index (κ3) is 37.1. The number of carbonyl (C=O) groups excluding carboxylic acids is 9. The van der Waals surface area contributed by atoms with E-state index in [1.807, 2.05) is 56.3 Å². The van der Waals surface area contributed by atoms with Gasteiger partial charge in [0.1, 0.15) is 65.5 Å². The minimum atomic E-state index is -4.92. The van der Waals surface area contributed by atoms with E-state index in [9.17, 15) is 99.0 Å². The molecule has 5 aliphatic rings. The number of unbranched alkanes of at least 4 members (excludes halogenated alkanes) is 1. The number of ether oxygens (including phenoxy) is 2. The number of aryl methyl sites for hydroxylation is 1. The smallest absolute Gasteiger partial charge is 0.726 e. The monoisotopic (exact) mass is 1850 g/mol. The van der Waals surface area contributed by atoms with Crippen LogP contribution in [0.5, 0.6) is 28.7 Å². The Hall–Kier alpha value is -9.38. The van der Waals surface area contributed by atoms with Crippen molar-refractivity contribution in [1.29, 1.82) is 0 Å². The topological polar surface area (TPSA) is 607 Å². The van der Waals surface area contributed by atoms with Crippen LogP contribution in [0, 0.1) is 0 Å². The van der Waals surface area contributed by atoms with Gasteiger partial charge in [-0.2, -0.15) is 10.2 Å². The van der Waals surface area contributed by atoms with Crippen molar-refractivity contribution in [3.05, 3.63) is 209 Å². The van der Waals surface area contributed by atoms with E-state index in [1.54, 1.807) is 86.6 Å². The van der Waals surface area contributed by atoms with Crippen LogP contribution in [0.3, 0.4) is 0 Å². The Morgan fingerprint density at radius 1 is 0.721 bits per heavy atom. The summed E-state index contributed by atoms with van der Waals surface area (Å²) in [5.41, 5.74) is 9.53. The summed E-state index contributed by atoms with van der Waals surface area (Å²) >= 11 is 1.31. The van der Waals surface area contributed by atoms with Crippen molar-refractivity contribution >= 4 is 93.1 Å². The number of aromatic carboxylic acids is 1. The zero-order valence-corrected chi connectivity index (χ0v) is 80.3. The Kier molecular flexibility index (Phi) is 47.8. The third-order valence-corrected chi connectivity index (χ3v) is 21.8. The number of phenols is 4. The molecule has 680 valence electrons. The number of aliphatic hydroxyl groups excluding tert-OH is 3. The maximum absolute atomic E-state index is 13.1. The Morgan fingerprint density at radius 2 is 1.30 bits per heavy atom. The molecule has 8 amide bonds. The number of carbonyl (C=O) groups is 10. The molecule has 0 spiro atoms. The second-order valence-electron chi connectivity index (χ2n) is 30.4. The molecule has 129 heavy (non-hydrogen) atoms. The first-order valence-electron chi connectivity index (χ1n) is 40.0. The van der Waals surface area contributed by atoms with Crippen molar-refractivity contribution in [3.8, 4) is 28.7 Å². The predicted molar refractivity (Wildman–Crippen MR) is 453 cm³/mol. The molecular formula is C86H105N12Na3O26S2. The van der Waals surface area contributed by atoms with E-state index in [0.29, 0.717) is 65.9 Å². The molecule has 2 bridgehead atoms. The van der Waals surface area contributed by atoms with E-state index in [2.05, 4.69) is 54.1 Å². The van der Waals surface area contributed by atoms with Crippen molar-refractivity contribution in [1.82, 2.24) is 46.6 Å². The van der Waals surface area contributed by atoms with Crippen LogP contribution in [0.1, 0.15) is 139 Å². The van der Waals surface area contributed by atoms with Gasteiger partial charge in [-0.05, 0) is 179 Å². The van der Waals surface area contributed by atoms with Crippen molar-refractivity contribution in [2.24, 2.45) is 16.0 Å². The molecule has 5 heterocycles. The quantitative estimate of drug-likeness (QED) is 0.00274. The summed E-state index contributed by atoms with van der Waals surface area (Å²) in [7, 11) is -2.75. The first-order valence-corrected chi connectivity index (χ1v) is 42.3. The summed E-state index contributed by atoms with van der Waals surface area (Å²) in [5.74, 6) is -6.55. The predicted octanol–water partition coefficient (Wildman–Crippen LogP) is -5.02. The number of rotatable bonds is 32. The number of aliphatic carboxylic acids is 2. The van der Waals surface area contributed by atoms with Gasteiger partial charge in [0.05, 0.1) is 36.5 Å². The van der Waals surface area contributed by atoms with Crippen molar-refractivity contribution in [2.45, 2.75) is 156 Å². The van der Waals surface area contributed by atoms with Crippen LogP contribution in [0.25, 0.3) is 0 Å². The molecule has 2 unspecified atom stereocenters. The number of carboxylic acids is 3. The van der Waals surface area contributed by atoms with Crippen molar-refractivity contribution < 1.29 is 215 Å². The number of piperidine rings is 1. The van der Waals surface area contributed by atoms with Crippen LogP contribution >= 0.6 is 11.8 Å². The molecule has 43 heteroatoms. The number of aromatic hydroxyl groups is 4. The van der Waals surface area contributed by atoms with E-state index in [1.165, 1.54) is 83.6 Å². The number of nitrogens with zero attached hydrogens (tertiary/aromatic N) is 5. The number of esters is 1. The number of primary amides is 1. The number of hydrogen-bond donors (Lipinski definition) is 16. The normalized spacial score (nSPS) is 18.1. The van der Waals surface area contributed by atoms with Crippen LogP contribution in [0.15, 0.2) is 180 Å². The van der Waals surface area contributed by atoms with E-state index >= 15 is 0 Å². The van der Waals surface area contributed by atoms with Gasteiger partial charge in [-0.25, -0.2) is 27.7 Å². The fourth-order valence-corrected chi connectivity index (χ4v) is 15.3. The van der Waals surface area contributed by atoms with Gasteiger partial charge in [-0.15, -0.1) is 11.8 Å². The number of aliphatic hydroxyl groups is 3. The van der Waals surface area contributed by atoms with E-state index in [0.717, 1.165) is 60.7 Å². The standard InChI is InChI=1S/C20H23N5O6S.C18H23NO4.C17H15N3O6.C17H23NO3.C14H22N2O3.3Na.H2O4S/c1-20(2)13(17(28)29)25-15(27)12(16(25)32-20)22-14(26)11(10-6-4-3-5-7-10)23-19(31)24-9-8-21-18(24)30;20-15-7-4-13(5-8-15)3-1-2-10-19-12-18(23)14-6-9-16(21)17(22)11-14;21-14-6-5-12(9-13(14)17(25)26)20-19-11-3-1-10(2-4-11)16(24)18-8-7-15(22)23;1-18-13-7-8-14(18)10-15(9-13)21-17(20)16(11-19)12-5-3-2-4-6-12;1-10(2)16-8-12(17)9-19-13-5-3-11(4-6-13)7-14(15)18;;;;1-5(2,3)4/h3-7,11-13,16H,8-9H2,1-2H3,(H,21,30)(H,22,26)(H,23,31)(H,28,29);4-9,11,18-23H,1-3,10,12H2;1-6,9,21H,7-8H2,(H,18,24)(H,22,23)(H,25,26);2-6,13-16,19H,7-11H2,1H3;3-6,10,12,16-17H,7-9H2,1-2H3,(H2,15,18);;;;(H2,1,2,3,4)/q;;;;;3*+1;/p-3/b;;20-19+;;;;;;/t11-,12+,13-,16+;18-;;13-,14+,15+,16?;;;;;/m00......./s1. The number of carboxylic acid groups (broad SMARTS) is 3. The molecule has 5 saturated heterocycles. The zero-order chi connectivity index (χ0) is 92.5. The Morgan fingerprint density at radius 3 is 1.85 bits per heavy atom. The fraction of sp³-hybridized carbons (Fsp3) is 0.395. The number of β-lactam (4-membered cyclic amide) rings is 1. The number of hydrogen-bond acceptors (Lipinski definition) is 30. The summed E-state index contributed by atoms with van der Waals surface area (Å²) in [6.07, 6.45) is 5.89. The second-order valence-corrected chi connectivity index (χ2v) is 33.1. The number of amides is 8. The molecule has 7 aromatic rings. The molecule has 0 saturated carbocycles. The van der Waals surface area contributed by atoms with Gasteiger partial charge in [0, 0.05) is 79.1 Å². The number of imide groups is 1. The zero-order valence-electron chi connectivity index (χ0n) is 72.6. The summed E-state index contributed by atoms with van der Waals surface area (Å²) < 4.78 is 43.3. The van der Waals surface area contributed by atoms with Gasteiger partial charge in [-0.3, -0.25) is 28.5 Å². The molecule has 0 aliphatic carbocycles. The number of thioether (sulfide) groups is 1. The summed E-state index contributed by atoms with van der Waals surface area (Å²) in [6.45, 7) is 9.69.